The second-order valence-corrected chi connectivity index (χ2v) is 3.52. The average Bonchev–Trinajstić information content (AvgIpc) is 2.20. The van der Waals surface area contributed by atoms with E-state index in [1.165, 1.54) is 13.0 Å². The molecule has 0 aliphatic rings. The Balaban J connectivity index is 2.99. The number of allylic oxidation sites excluding steroid dienone is 1. The maximum atomic E-state index is 13.6. The number of carbonyl (C=O) groups is 1. The summed E-state index contributed by atoms with van der Waals surface area (Å²) in [5.74, 6) is -0.222. The Kier molecular flexibility index (Phi) is 4.50. The molecule has 1 aromatic rings. The number of ketones is 1. The van der Waals surface area contributed by atoms with E-state index in [2.05, 4.69) is 0 Å². The third-order valence-electron chi connectivity index (χ3n) is 1.98. The van der Waals surface area contributed by atoms with Gasteiger partial charge in [0.15, 0.2) is 5.78 Å². The van der Waals surface area contributed by atoms with Crippen LogP contribution in [0.2, 0.25) is 0 Å². The summed E-state index contributed by atoms with van der Waals surface area (Å²) in [7, 11) is 0. The molecule has 1 aromatic carbocycles. The van der Waals surface area contributed by atoms with Gasteiger partial charge in [0.2, 0.25) is 0 Å². The molecule has 0 N–H and O–H groups in total. The summed E-state index contributed by atoms with van der Waals surface area (Å²) < 4.78 is 13.6. The first-order valence-electron chi connectivity index (χ1n) is 4.68. The number of halogens is 2. The molecule has 1 rings (SSSR count). The van der Waals surface area contributed by atoms with Gasteiger partial charge in [-0.05, 0) is 19.4 Å². The minimum absolute atomic E-state index is 0.128. The molecule has 0 aliphatic carbocycles. The molecule has 0 saturated carbocycles. The second kappa shape index (κ2) is 5.66. The van der Waals surface area contributed by atoms with E-state index in [1.54, 1.807) is 24.3 Å². The molecule has 0 atom stereocenters. The van der Waals surface area contributed by atoms with Gasteiger partial charge in [0, 0.05) is 11.4 Å². The first kappa shape index (κ1) is 11.9. The predicted octanol–water partition coefficient (Wildman–Crippen LogP) is 3.67. The molecule has 1 nitrogen and oxygen atoms in total. The number of Topliss-reactive ketones (excluding diaryl/α,β-unsaturated/α-hetero) is 1. The van der Waals surface area contributed by atoms with E-state index in [4.69, 9.17) is 11.6 Å². The monoisotopic (exact) mass is 226 g/mol. The lowest BCUT2D eigenvalue weighted by Crippen LogP contribution is -1.98. The van der Waals surface area contributed by atoms with Crippen molar-refractivity contribution in [3.05, 3.63) is 41.2 Å². The van der Waals surface area contributed by atoms with Gasteiger partial charge in [-0.1, -0.05) is 24.3 Å². The van der Waals surface area contributed by atoms with Crippen LogP contribution >= 0.6 is 11.6 Å². The summed E-state index contributed by atoms with van der Waals surface area (Å²) in [5, 5.41) is 0. The fourth-order valence-electron chi connectivity index (χ4n) is 1.22. The van der Waals surface area contributed by atoms with Crippen molar-refractivity contribution >= 4 is 23.5 Å². The molecule has 0 radical (unpaired) electrons. The molecule has 15 heavy (non-hydrogen) atoms. The van der Waals surface area contributed by atoms with Crippen LogP contribution in [0.15, 0.2) is 24.3 Å². The van der Waals surface area contributed by atoms with Gasteiger partial charge in [-0.25, -0.2) is 4.39 Å². The summed E-state index contributed by atoms with van der Waals surface area (Å²) in [6, 6.07) is 4.78. The summed E-state index contributed by atoms with van der Waals surface area (Å²) in [6.45, 7) is 1.35. The number of alkyl halides is 1. The van der Waals surface area contributed by atoms with Crippen molar-refractivity contribution in [2.45, 2.75) is 13.3 Å². The highest BCUT2D eigenvalue weighted by molar-refractivity contribution is 6.17. The van der Waals surface area contributed by atoms with E-state index >= 15 is 0 Å². The van der Waals surface area contributed by atoms with E-state index in [1.807, 2.05) is 0 Å². The van der Waals surface area contributed by atoms with Crippen LogP contribution in [0, 0.1) is 5.82 Å². The van der Waals surface area contributed by atoms with Gasteiger partial charge in [-0.2, -0.15) is 0 Å². The van der Waals surface area contributed by atoms with Crippen LogP contribution in [0.4, 0.5) is 4.39 Å². The largest absolute Gasteiger partial charge is 0.294 e. The highest BCUT2D eigenvalue weighted by Gasteiger charge is 2.08. The molecule has 0 fully saturated rings. The topological polar surface area (TPSA) is 17.1 Å². The fourth-order valence-corrected chi connectivity index (χ4v) is 1.35. The Labute approximate surface area is 93.6 Å². The molecule has 3 heteroatoms. The van der Waals surface area contributed by atoms with E-state index < -0.39 is 5.82 Å². The Hall–Kier alpha value is -1.15. The average molecular weight is 227 g/mol. The minimum Gasteiger partial charge on any atom is -0.294 e. The van der Waals surface area contributed by atoms with E-state index in [0.717, 1.165) is 0 Å². The summed E-state index contributed by atoms with van der Waals surface area (Å²) in [4.78, 5) is 11.1. The number of rotatable bonds is 4. The Morgan fingerprint density at radius 1 is 1.53 bits per heavy atom. The quantitative estimate of drug-likeness (QED) is 0.566. The molecule has 0 spiro atoms. The van der Waals surface area contributed by atoms with Gasteiger partial charge >= 0.3 is 0 Å². The van der Waals surface area contributed by atoms with E-state index in [-0.39, 0.29) is 11.3 Å². The molecule has 80 valence electrons. The van der Waals surface area contributed by atoms with Crippen molar-refractivity contribution in [2.75, 3.05) is 5.88 Å². The Bertz CT molecular complexity index is 385. The summed E-state index contributed by atoms with van der Waals surface area (Å²) in [6.07, 6.45) is 4.12. The molecule has 0 unspecified atom stereocenters. The first-order valence-corrected chi connectivity index (χ1v) is 5.22. The van der Waals surface area contributed by atoms with Crippen molar-refractivity contribution in [3.8, 4) is 0 Å². The molecule has 0 amide bonds. The van der Waals surface area contributed by atoms with Crippen LogP contribution in [0.3, 0.4) is 0 Å². The van der Waals surface area contributed by atoms with E-state index in [9.17, 15) is 9.18 Å². The zero-order valence-electron chi connectivity index (χ0n) is 8.47. The van der Waals surface area contributed by atoms with Gasteiger partial charge in [0.05, 0.1) is 5.56 Å². The predicted molar refractivity (Wildman–Crippen MR) is 60.8 cm³/mol. The van der Waals surface area contributed by atoms with Crippen LogP contribution in [0.5, 0.6) is 0 Å². The van der Waals surface area contributed by atoms with Crippen LogP contribution in [0.1, 0.15) is 29.3 Å². The zero-order chi connectivity index (χ0) is 11.3. The first-order chi connectivity index (χ1) is 7.16. The van der Waals surface area contributed by atoms with Gasteiger partial charge in [0.25, 0.3) is 0 Å². The lowest BCUT2D eigenvalue weighted by atomic mass is 10.1. The van der Waals surface area contributed by atoms with Crippen LogP contribution < -0.4 is 0 Å². The van der Waals surface area contributed by atoms with Gasteiger partial charge in [0.1, 0.15) is 5.82 Å². The third kappa shape index (κ3) is 3.17. The summed E-state index contributed by atoms with van der Waals surface area (Å²) >= 11 is 5.49. The zero-order valence-corrected chi connectivity index (χ0v) is 9.22. The molecule has 0 bridgehead atoms. The number of hydrogen-bond acceptors (Lipinski definition) is 1. The van der Waals surface area contributed by atoms with Crippen molar-refractivity contribution in [1.82, 2.24) is 0 Å². The third-order valence-corrected chi connectivity index (χ3v) is 2.20. The van der Waals surface area contributed by atoms with Crippen LogP contribution in [0.25, 0.3) is 6.08 Å². The van der Waals surface area contributed by atoms with Gasteiger partial charge in [-0.3, -0.25) is 4.79 Å². The van der Waals surface area contributed by atoms with Crippen molar-refractivity contribution in [1.29, 1.82) is 0 Å². The number of benzene rings is 1. The van der Waals surface area contributed by atoms with Gasteiger partial charge in [-0.15, -0.1) is 11.6 Å². The van der Waals surface area contributed by atoms with Gasteiger partial charge < -0.3 is 0 Å². The lowest BCUT2D eigenvalue weighted by Gasteiger charge is -2.01. The Morgan fingerprint density at radius 3 is 2.87 bits per heavy atom. The molecule has 0 saturated heterocycles. The van der Waals surface area contributed by atoms with Crippen LogP contribution in [-0.2, 0) is 0 Å². The van der Waals surface area contributed by atoms with Crippen molar-refractivity contribution in [2.24, 2.45) is 0 Å². The molecule has 0 heterocycles. The molecular formula is C12H12ClFO. The Morgan fingerprint density at radius 2 is 2.27 bits per heavy atom. The lowest BCUT2D eigenvalue weighted by molar-refractivity contribution is 0.101. The summed E-state index contributed by atoms with van der Waals surface area (Å²) in [5.41, 5.74) is 0.552. The standard InChI is InChI=1S/C12H12ClFO/c1-9(15)11-7-4-6-10(12(11)14)5-2-3-8-13/h2,4-7H,3,8H2,1H3. The second-order valence-electron chi connectivity index (χ2n) is 3.14. The number of carbonyl (C=O) groups excluding carboxylic acids is 1. The van der Waals surface area contributed by atoms with Crippen LogP contribution in [-0.4, -0.2) is 11.7 Å². The molecular weight excluding hydrogens is 215 g/mol. The van der Waals surface area contributed by atoms with E-state index in [0.29, 0.717) is 17.9 Å². The molecule has 0 aliphatic heterocycles. The minimum atomic E-state index is -0.462. The maximum Gasteiger partial charge on any atom is 0.162 e. The number of hydrogen-bond donors (Lipinski definition) is 0. The SMILES string of the molecule is CC(=O)c1cccc(C=CCCCl)c1F. The maximum absolute atomic E-state index is 13.6. The highest BCUT2D eigenvalue weighted by atomic mass is 35.5. The normalized spacial score (nSPS) is 10.9. The van der Waals surface area contributed by atoms with Crippen molar-refractivity contribution < 1.29 is 9.18 Å². The molecule has 0 aromatic heterocycles. The highest BCUT2D eigenvalue weighted by Crippen LogP contribution is 2.15. The smallest absolute Gasteiger partial charge is 0.162 e. The fraction of sp³-hybridized carbons (Fsp3) is 0.250. The van der Waals surface area contributed by atoms with Crippen molar-refractivity contribution in [3.63, 3.8) is 0 Å².